The molecule has 23 heavy (non-hydrogen) atoms. The highest BCUT2D eigenvalue weighted by molar-refractivity contribution is 5.97. The lowest BCUT2D eigenvalue weighted by molar-refractivity contribution is -0.119. The van der Waals surface area contributed by atoms with Crippen molar-refractivity contribution in [1.29, 1.82) is 0 Å². The maximum atomic E-state index is 12.9. The Balaban J connectivity index is 2.14. The summed E-state index contributed by atoms with van der Waals surface area (Å²) in [6.45, 7) is 3.79. The van der Waals surface area contributed by atoms with Crippen molar-refractivity contribution in [2.75, 3.05) is 0 Å². The Morgan fingerprint density at radius 2 is 1.65 bits per heavy atom. The summed E-state index contributed by atoms with van der Waals surface area (Å²) >= 11 is 0. The van der Waals surface area contributed by atoms with Crippen LogP contribution >= 0.6 is 0 Å². The maximum Gasteiger partial charge on any atom is 0.251 e. The van der Waals surface area contributed by atoms with Gasteiger partial charge in [0.15, 0.2) is 0 Å². The van der Waals surface area contributed by atoms with E-state index in [1.807, 2.05) is 19.9 Å². The molecule has 1 atom stereocenters. The number of hydrogen-bond acceptors (Lipinski definition) is 2. The summed E-state index contributed by atoms with van der Waals surface area (Å²) in [5.41, 5.74) is 8.50. The topological polar surface area (TPSA) is 72.2 Å². The summed E-state index contributed by atoms with van der Waals surface area (Å²) in [5.74, 6) is -1.35. The molecule has 0 unspecified atom stereocenters. The molecule has 0 radical (unpaired) electrons. The Kier molecular flexibility index (Phi) is 5.11. The van der Waals surface area contributed by atoms with Gasteiger partial charge >= 0.3 is 0 Å². The fraction of sp³-hybridized carbons (Fsp3) is 0.222. The van der Waals surface area contributed by atoms with Crippen LogP contribution in [0.5, 0.6) is 0 Å². The number of carbonyl (C=O) groups excluding carboxylic acids is 2. The maximum absolute atomic E-state index is 12.9. The first-order valence-corrected chi connectivity index (χ1v) is 7.28. The molecule has 0 heterocycles. The van der Waals surface area contributed by atoms with E-state index in [1.54, 1.807) is 24.3 Å². The summed E-state index contributed by atoms with van der Waals surface area (Å²) in [5, 5.41) is 2.64. The van der Waals surface area contributed by atoms with Gasteiger partial charge in [-0.15, -0.1) is 0 Å². The molecule has 5 heteroatoms. The molecule has 0 fully saturated rings. The number of nitrogens with two attached hydrogens (primary N) is 1. The predicted octanol–water partition coefficient (Wildman–Crippen LogP) is 2.27. The van der Waals surface area contributed by atoms with Crippen LogP contribution in [0, 0.1) is 19.7 Å². The van der Waals surface area contributed by atoms with Crippen molar-refractivity contribution in [3.8, 4) is 0 Å². The summed E-state index contributed by atoms with van der Waals surface area (Å²) < 4.78 is 12.9. The van der Waals surface area contributed by atoms with E-state index in [-0.39, 0.29) is 18.1 Å². The number of rotatable bonds is 5. The van der Waals surface area contributed by atoms with E-state index in [1.165, 1.54) is 12.1 Å². The van der Waals surface area contributed by atoms with E-state index in [0.717, 1.165) is 16.7 Å². The Labute approximate surface area is 134 Å². The lowest BCUT2D eigenvalue weighted by Crippen LogP contribution is -2.45. The first-order valence-electron chi connectivity index (χ1n) is 7.28. The summed E-state index contributed by atoms with van der Waals surface area (Å²) in [6, 6.07) is 10.3. The molecular weight excluding hydrogens is 295 g/mol. The van der Waals surface area contributed by atoms with E-state index in [0.29, 0.717) is 5.56 Å². The van der Waals surface area contributed by atoms with Crippen molar-refractivity contribution >= 4 is 11.8 Å². The Morgan fingerprint density at radius 1 is 1.09 bits per heavy atom. The van der Waals surface area contributed by atoms with Crippen molar-refractivity contribution < 1.29 is 14.0 Å². The van der Waals surface area contributed by atoms with Gasteiger partial charge in [-0.05, 0) is 43.7 Å². The largest absolute Gasteiger partial charge is 0.368 e. The minimum Gasteiger partial charge on any atom is -0.368 e. The van der Waals surface area contributed by atoms with E-state index >= 15 is 0 Å². The Hall–Kier alpha value is -2.69. The van der Waals surface area contributed by atoms with Crippen LogP contribution < -0.4 is 11.1 Å². The van der Waals surface area contributed by atoms with Gasteiger partial charge in [0.1, 0.15) is 11.9 Å². The number of nitrogens with one attached hydrogen (secondary N) is 1. The number of benzene rings is 2. The van der Waals surface area contributed by atoms with Gasteiger partial charge in [0, 0.05) is 12.0 Å². The standard InChI is InChI=1S/C18H19FN2O2/c1-11-7-12(2)9-14(8-11)18(23)21-16(17(20)22)10-13-3-5-15(19)6-4-13/h3-9,16H,10H2,1-2H3,(H2,20,22)(H,21,23)/t16-/m0/s1. The van der Waals surface area contributed by atoms with Crippen LogP contribution in [0.4, 0.5) is 4.39 Å². The summed E-state index contributed by atoms with van der Waals surface area (Å²) in [6.07, 6.45) is 0.214. The zero-order valence-electron chi connectivity index (χ0n) is 13.1. The first kappa shape index (κ1) is 16.7. The normalized spacial score (nSPS) is 11.8. The van der Waals surface area contributed by atoms with E-state index in [4.69, 9.17) is 5.73 Å². The third-order valence-electron chi connectivity index (χ3n) is 3.49. The zero-order valence-corrected chi connectivity index (χ0v) is 13.1. The SMILES string of the molecule is Cc1cc(C)cc(C(=O)N[C@@H](Cc2ccc(F)cc2)C(N)=O)c1. The molecule has 4 nitrogen and oxygen atoms in total. The van der Waals surface area contributed by atoms with Gasteiger partial charge in [-0.25, -0.2) is 4.39 Å². The number of carbonyl (C=O) groups is 2. The molecule has 2 aromatic carbocycles. The molecule has 0 spiro atoms. The highest BCUT2D eigenvalue weighted by Gasteiger charge is 2.19. The predicted molar refractivity (Wildman–Crippen MR) is 86.5 cm³/mol. The van der Waals surface area contributed by atoms with Crippen molar-refractivity contribution in [3.05, 3.63) is 70.5 Å². The smallest absolute Gasteiger partial charge is 0.251 e. The first-order chi connectivity index (χ1) is 10.8. The highest BCUT2D eigenvalue weighted by Crippen LogP contribution is 2.10. The number of halogens is 1. The fourth-order valence-corrected chi connectivity index (χ4v) is 2.43. The monoisotopic (exact) mass is 314 g/mol. The van der Waals surface area contributed by atoms with Gasteiger partial charge in [-0.2, -0.15) is 0 Å². The Bertz CT molecular complexity index is 706. The van der Waals surface area contributed by atoms with Gasteiger partial charge in [0.2, 0.25) is 5.91 Å². The summed E-state index contributed by atoms with van der Waals surface area (Å²) in [7, 11) is 0. The second kappa shape index (κ2) is 7.05. The molecule has 3 N–H and O–H groups in total. The van der Waals surface area contributed by atoms with Gasteiger partial charge in [-0.3, -0.25) is 9.59 Å². The molecular formula is C18H19FN2O2. The van der Waals surface area contributed by atoms with Gasteiger partial charge in [-0.1, -0.05) is 29.3 Å². The molecule has 2 rings (SSSR count). The van der Waals surface area contributed by atoms with E-state index in [2.05, 4.69) is 5.32 Å². The van der Waals surface area contributed by atoms with Crippen molar-refractivity contribution in [3.63, 3.8) is 0 Å². The minimum atomic E-state index is -0.853. The molecule has 0 aliphatic heterocycles. The van der Waals surface area contributed by atoms with Crippen LogP contribution in [0.1, 0.15) is 27.0 Å². The lowest BCUT2D eigenvalue weighted by atomic mass is 10.0. The number of aryl methyl sites for hydroxylation is 2. The van der Waals surface area contributed by atoms with Crippen LogP contribution in [0.2, 0.25) is 0 Å². The van der Waals surface area contributed by atoms with Crippen molar-refractivity contribution in [2.45, 2.75) is 26.3 Å². The third-order valence-corrected chi connectivity index (χ3v) is 3.49. The molecule has 0 aromatic heterocycles. The third kappa shape index (κ3) is 4.64. The lowest BCUT2D eigenvalue weighted by Gasteiger charge is -2.16. The Morgan fingerprint density at radius 3 is 2.17 bits per heavy atom. The number of primary amides is 1. The molecule has 120 valence electrons. The molecule has 0 saturated heterocycles. The van der Waals surface area contributed by atoms with E-state index in [9.17, 15) is 14.0 Å². The van der Waals surface area contributed by atoms with Gasteiger partial charge < -0.3 is 11.1 Å². The second-order valence-electron chi connectivity index (χ2n) is 5.64. The van der Waals surface area contributed by atoms with Crippen LogP contribution in [-0.2, 0) is 11.2 Å². The molecule has 2 amide bonds. The number of amides is 2. The zero-order chi connectivity index (χ0) is 17.0. The van der Waals surface area contributed by atoms with Gasteiger partial charge in [0.05, 0.1) is 0 Å². The van der Waals surface area contributed by atoms with Crippen LogP contribution in [-0.4, -0.2) is 17.9 Å². The fourth-order valence-electron chi connectivity index (χ4n) is 2.43. The van der Waals surface area contributed by atoms with Crippen molar-refractivity contribution in [2.24, 2.45) is 5.73 Å². The molecule has 0 aliphatic carbocycles. The van der Waals surface area contributed by atoms with Crippen LogP contribution in [0.3, 0.4) is 0 Å². The van der Waals surface area contributed by atoms with E-state index < -0.39 is 11.9 Å². The number of hydrogen-bond donors (Lipinski definition) is 2. The van der Waals surface area contributed by atoms with Gasteiger partial charge in [0.25, 0.3) is 5.91 Å². The molecule has 2 aromatic rings. The average molecular weight is 314 g/mol. The minimum absolute atomic E-state index is 0.214. The summed E-state index contributed by atoms with van der Waals surface area (Å²) in [4.78, 5) is 23.9. The highest BCUT2D eigenvalue weighted by atomic mass is 19.1. The molecule has 0 aliphatic rings. The van der Waals surface area contributed by atoms with Crippen LogP contribution in [0.25, 0.3) is 0 Å². The quantitative estimate of drug-likeness (QED) is 0.888. The van der Waals surface area contributed by atoms with Crippen LogP contribution in [0.15, 0.2) is 42.5 Å². The average Bonchev–Trinajstić information content (AvgIpc) is 2.47. The van der Waals surface area contributed by atoms with Crippen molar-refractivity contribution in [1.82, 2.24) is 5.32 Å². The molecule has 0 bridgehead atoms. The second-order valence-corrected chi connectivity index (χ2v) is 5.64. The molecule has 0 saturated carbocycles.